The molecule has 5 nitrogen and oxygen atoms in total. The lowest BCUT2D eigenvalue weighted by atomic mass is 10.00. The van der Waals surface area contributed by atoms with Gasteiger partial charge in [-0.05, 0) is 47.7 Å². The van der Waals surface area contributed by atoms with Gasteiger partial charge in [0.25, 0.3) is 5.91 Å². The second-order valence-corrected chi connectivity index (χ2v) is 6.93. The Kier molecular flexibility index (Phi) is 5.26. The number of benzene rings is 2. The molecular formula is C21H24N2O3. The van der Waals surface area contributed by atoms with Crippen LogP contribution in [0.5, 0.6) is 5.75 Å². The molecule has 0 bridgehead atoms. The first-order valence-electron chi connectivity index (χ1n) is 8.96. The van der Waals surface area contributed by atoms with Crippen LogP contribution in [0.25, 0.3) is 0 Å². The van der Waals surface area contributed by atoms with Gasteiger partial charge in [0, 0.05) is 25.2 Å². The average molecular weight is 352 g/mol. The second kappa shape index (κ2) is 7.60. The predicted molar refractivity (Wildman–Crippen MR) is 101 cm³/mol. The molecule has 0 radical (unpaired) electrons. The molecule has 1 aliphatic heterocycles. The number of hydrogen-bond acceptors (Lipinski definition) is 3. The van der Waals surface area contributed by atoms with E-state index in [4.69, 9.17) is 0 Å². The van der Waals surface area contributed by atoms with Crippen molar-refractivity contribution >= 4 is 17.5 Å². The molecule has 1 saturated heterocycles. The topological polar surface area (TPSA) is 69.6 Å². The molecule has 0 saturated carbocycles. The summed E-state index contributed by atoms with van der Waals surface area (Å²) in [6.07, 6.45) is 1.51. The molecule has 2 amide bonds. The zero-order valence-electron chi connectivity index (χ0n) is 15.2. The van der Waals surface area contributed by atoms with Gasteiger partial charge in [-0.1, -0.05) is 32.0 Å². The molecule has 0 atom stereocenters. The highest BCUT2D eigenvalue weighted by atomic mass is 16.3. The molecule has 2 N–H and O–H groups in total. The van der Waals surface area contributed by atoms with Crippen LogP contribution in [-0.4, -0.2) is 23.5 Å². The van der Waals surface area contributed by atoms with E-state index in [9.17, 15) is 14.7 Å². The van der Waals surface area contributed by atoms with E-state index in [1.165, 1.54) is 0 Å². The van der Waals surface area contributed by atoms with Crippen molar-refractivity contribution in [3.05, 3.63) is 59.2 Å². The normalized spacial score (nSPS) is 14.1. The molecule has 1 heterocycles. The fraction of sp³-hybridized carbons (Fsp3) is 0.333. The summed E-state index contributed by atoms with van der Waals surface area (Å²) < 4.78 is 0. The highest BCUT2D eigenvalue weighted by Gasteiger charge is 2.21. The maximum atomic E-state index is 12.4. The molecule has 2 aromatic rings. The van der Waals surface area contributed by atoms with E-state index in [0.29, 0.717) is 13.0 Å². The van der Waals surface area contributed by atoms with Crippen LogP contribution in [0.1, 0.15) is 54.1 Å². The Hall–Kier alpha value is -2.82. The molecule has 0 aliphatic carbocycles. The van der Waals surface area contributed by atoms with E-state index in [1.807, 2.05) is 44.2 Å². The third-order valence-corrected chi connectivity index (χ3v) is 4.71. The Balaban J connectivity index is 1.64. The Morgan fingerprint density at radius 2 is 1.92 bits per heavy atom. The van der Waals surface area contributed by atoms with Crippen molar-refractivity contribution in [3.8, 4) is 5.75 Å². The van der Waals surface area contributed by atoms with E-state index in [0.717, 1.165) is 29.8 Å². The van der Waals surface area contributed by atoms with E-state index in [1.54, 1.807) is 17.0 Å². The number of aromatic hydroxyl groups is 1. The third-order valence-electron chi connectivity index (χ3n) is 4.71. The van der Waals surface area contributed by atoms with Crippen molar-refractivity contribution in [1.82, 2.24) is 5.32 Å². The molecular weight excluding hydrogens is 328 g/mol. The minimum absolute atomic E-state index is 0.0187. The lowest BCUT2D eigenvalue weighted by Crippen LogP contribution is -2.24. The SMILES string of the molecule is CC(C)c1ccc(O)c(C(=O)NCc2ccc(N3CCCC3=O)cc2)c1. The van der Waals surface area contributed by atoms with E-state index >= 15 is 0 Å². The average Bonchev–Trinajstić information content (AvgIpc) is 3.06. The van der Waals surface area contributed by atoms with Crippen LogP contribution < -0.4 is 10.2 Å². The maximum absolute atomic E-state index is 12.4. The fourth-order valence-corrected chi connectivity index (χ4v) is 3.09. The molecule has 2 aromatic carbocycles. The Morgan fingerprint density at radius 1 is 1.19 bits per heavy atom. The number of nitrogens with zero attached hydrogens (tertiary/aromatic N) is 1. The van der Waals surface area contributed by atoms with Crippen LogP contribution in [0, 0.1) is 0 Å². The monoisotopic (exact) mass is 352 g/mol. The summed E-state index contributed by atoms with van der Waals surface area (Å²) in [7, 11) is 0. The Labute approximate surface area is 153 Å². The third kappa shape index (κ3) is 3.87. The largest absolute Gasteiger partial charge is 0.507 e. The van der Waals surface area contributed by atoms with E-state index < -0.39 is 0 Å². The van der Waals surface area contributed by atoms with Gasteiger partial charge in [-0.15, -0.1) is 0 Å². The van der Waals surface area contributed by atoms with Crippen LogP contribution in [0.3, 0.4) is 0 Å². The van der Waals surface area contributed by atoms with Crippen molar-refractivity contribution in [3.63, 3.8) is 0 Å². The van der Waals surface area contributed by atoms with Gasteiger partial charge in [-0.3, -0.25) is 9.59 Å². The molecule has 0 spiro atoms. The number of nitrogens with one attached hydrogen (secondary N) is 1. The number of rotatable bonds is 5. The summed E-state index contributed by atoms with van der Waals surface area (Å²) in [4.78, 5) is 26.0. The van der Waals surface area contributed by atoms with Crippen LogP contribution in [0.15, 0.2) is 42.5 Å². The number of phenols is 1. The number of anilines is 1. The number of hydrogen-bond donors (Lipinski definition) is 2. The predicted octanol–water partition coefficient (Wildman–Crippen LogP) is 3.57. The van der Waals surface area contributed by atoms with E-state index in [2.05, 4.69) is 5.32 Å². The molecule has 3 rings (SSSR count). The first-order chi connectivity index (χ1) is 12.5. The van der Waals surface area contributed by atoms with Gasteiger partial charge in [0.1, 0.15) is 5.75 Å². The van der Waals surface area contributed by atoms with Crippen molar-refractivity contribution in [1.29, 1.82) is 0 Å². The zero-order chi connectivity index (χ0) is 18.7. The minimum atomic E-state index is -0.302. The second-order valence-electron chi connectivity index (χ2n) is 6.93. The summed E-state index contributed by atoms with van der Waals surface area (Å²) in [5.74, 6) is 0.119. The fourth-order valence-electron chi connectivity index (χ4n) is 3.09. The molecule has 1 fully saturated rings. The van der Waals surface area contributed by atoms with Crippen molar-refractivity contribution < 1.29 is 14.7 Å². The van der Waals surface area contributed by atoms with Crippen molar-refractivity contribution in [2.24, 2.45) is 0 Å². The molecule has 136 valence electrons. The first kappa shape index (κ1) is 18.0. The van der Waals surface area contributed by atoms with Gasteiger partial charge in [-0.25, -0.2) is 0 Å². The Bertz CT molecular complexity index is 813. The van der Waals surface area contributed by atoms with Gasteiger partial charge in [0.05, 0.1) is 5.56 Å². The molecule has 0 aromatic heterocycles. The van der Waals surface area contributed by atoms with Crippen LogP contribution in [0.4, 0.5) is 5.69 Å². The summed E-state index contributed by atoms with van der Waals surface area (Å²) in [6.45, 7) is 5.21. The van der Waals surface area contributed by atoms with Crippen molar-refractivity contribution in [2.75, 3.05) is 11.4 Å². The highest BCUT2D eigenvalue weighted by Crippen LogP contribution is 2.24. The number of carbonyl (C=O) groups is 2. The van der Waals surface area contributed by atoms with Crippen LogP contribution in [0.2, 0.25) is 0 Å². The standard InChI is InChI=1S/C21H24N2O3/c1-14(2)16-7-10-19(24)18(12-16)21(26)22-13-15-5-8-17(9-6-15)23-11-3-4-20(23)25/h5-10,12,14,24H,3-4,11,13H2,1-2H3,(H,22,26). The van der Waals surface area contributed by atoms with Crippen molar-refractivity contribution in [2.45, 2.75) is 39.2 Å². The van der Waals surface area contributed by atoms with Crippen LogP contribution in [-0.2, 0) is 11.3 Å². The lowest BCUT2D eigenvalue weighted by molar-refractivity contribution is -0.117. The molecule has 0 unspecified atom stereocenters. The smallest absolute Gasteiger partial charge is 0.255 e. The van der Waals surface area contributed by atoms with E-state index in [-0.39, 0.29) is 29.0 Å². The quantitative estimate of drug-likeness (QED) is 0.864. The molecule has 26 heavy (non-hydrogen) atoms. The van der Waals surface area contributed by atoms with Gasteiger partial charge in [-0.2, -0.15) is 0 Å². The summed E-state index contributed by atoms with van der Waals surface area (Å²) in [5.41, 5.74) is 3.13. The first-order valence-corrected chi connectivity index (χ1v) is 8.96. The van der Waals surface area contributed by atoms with Crippen LogP contribution >= 0.6 is 0 Å². The summed E-state index contributed by atoms with van der Waals surface area (Å²) in [6, 6.07) is 12.7. The Morgan fingerprint density at radius 3 is 2.54 bits per heavy atom. The van der Waals surface area contributed by atoms with Gasteiger partial charge >= 0.3 is 0 Å². The lowest BCUT2D eigenvalue weighted by Gasteiger charge is -2.16. The maximum Gasteiger partial charge on any atom is 0.255 e. The minimum Gasteiger partial charge on any atom is -0.507 e. The molecule has 1 aliphatic rings. The van der Waals surface area contributed by atoms with Gasteiger partial charge in [0.15, 0.2) is 0 Å². The summed E-state index contributed by atoms with van der Waals surface area (Å²) in [5, 5.41) is 12.8. The number of amides is 2. The summed E-state index contributed by atoms with van der Waals surface area (Å²) >= 11 is 0. The molecule has 5 heteroatoms. The van der Waals surface area contributed by atoms with Gasteiger partial charge in [0.2, 0.25) is 5.91 Å². The highest BCUT2D eigenvalue weighted by molar-refractivity contribution is 5.97. The number of phenolic OH excluding ortho intramolecular Hbond substituents is 1. The number of carbonyl (C=O) groups excluding carboxylic acids is 2. The van der Waals surface area contributed by atoms with Gasteiger partial charge < -0.3 is 15.3 Å². The zero-order valence-corrected chi connectivity index (χ0v) is 15.2.